The average molecular weight is 326 g/mol. The normalized spacial score (nSPS) is 11.8. The highest BCUT2D eigenvalue weighted by atomic mass is 79.9. The SMILES string of the molecule is CCOc1cc([C@H](N)CCN)cc(Br)c1O.Cl. The van der Waals surface area contributed by atoms with E-state index in [1.165, 1.54) is 0 Å². The van der Waals surface area contributed by atoms with Gasteiger partial charge in [0.1, 0.15) is 0 Å². The summed E-state index contributed by atoms with van der Waals surface area (Å²) in [4.78, 5) is 0. The van der Waals surface area contributed by atoms with Crippen molar-refractivity contribution in [3.8, 4) is 11.5 Å². The Balaban J connectivity index is 0.00000256. The summed E-state index contributed by atoms with van der Waals surface area (Å²) < 4.78 is 5.90. The summed E-state index contributed by atoms with van der Waals surface area (Å²) in [5, 5.41) is 9.73. The van der Waals surface area contributed by atoms with Gasteiger partial charge in [0.05, 0.1) is 11.1 Å². The van der Waals surface area contributed by atoms with E-state index in [0.717, 1.165) is 5.56 Å². The van der Waals surface area contributed by atoms with Gasteiger partial charge >= 0.3 is 0 Å². The molecule has 0 aliphatic carbocycles. The number of rotatable bonds is 5. The van der Waals surface area contributed by atoms with Crippen LogP contribution in [0.5, 0.6) is 11.5 Å². The molecule has 1 aromatic rings. The van der Waals surface area contributed by atoms with Crippen molar-refractivity contribution in [1.29, 1.82) is 0 Å². The number of phenolic OH excluding ortho intramolecular Hbond substituents is 1. The van der Waals surface area contributed by atoms with Gasteiger partial charge in [0.25, 0.3) is 0 Å². The molecule has 0 aromatic heterocycles. The standard InChI is InChI=1S/C11H17BrN2O2.ClH/c1-2-16-10-6-7(9(14)3-4-13)5-8(12)11(10)15;/h5-6,9,15H,2-4,13-14H2,1H3;1H/t9-;/m1./s1. The van der Waals surface area contributed by atoms with Crippen molar-refractivity contribution < 1.29 is 9.84 Å². The molecule has 0 saturated carbocycles. The first-order valence-electron chi connectivity index (χ1n) is 5.21. The van der Waals surface area contributed by atoms with Gasteiger partial charge in [-0.1, -0.05) is 0 Å². The summed E-state index contributed by atoms with van der Waals surface area (Å²) >= 11 is 3.27. The van der Waals surface area contributed by atoms with Crippen molar-refractivity contribution in [2.24, 2.45) is 11.5 Å². The van der Waals surface area contributed by atoms with Gasteiger partial charge in [0.2, 0.25) is 0 Å². The first kappa shape index (κ1) is 16.5. The molecule has 5 N–H and O–H groups in total. The molecule has 1 aromatic carbocycles. The van der Waals surface area contributed by atoms with Crippen LogP contribution < -0.4 is 16.2 Å². The number of hydrogen-bond donors (Lipinski definition) is 3. The Morgan fingerprint density at radius 3 is 2.65 bits per heavy atom. The van der Waals surface area contributed by atoms with Gasteiger partial charge in [-0.3, -0.25) is 0 Å². The molecular weight excluding hydrogens is 307 g/mol. The highest BCUT2D eigenvalue weighted by Gasteiger charge is 2.13. The molecule has 0 bridgehead atoms. The predicted molar refractivity (Wildman–Crippen MR) is 74.8 cm³/mol. The van der Waals surface area contributed by atoms with E-state index in [0.29, 0.717) is 29.8 Å². The van der Waals surface area contributed by atoms with Crippen molar-refractivity contribution in [2.45, 2.75) is 19.4 Å². The summed E-state index contributed by atoms with van der Waals surface area (Å²) in [5.41, 5.74) is 12.3. The molecule has 0 heterocycles. The lowest BCUT2D eigenvalue weighted by atomic mass is 10.0. The predicted octanol–water partition coefficient (Wildman–Crippen LogP) is 2.32. The van der Waals surface area contributed by atoms with Gasteiger partial charge in [-0.15, -0.1) is 12.4 Å². The minimum Gasteiger partial charge on any atom is -0.503 e. The van der Waals surface area contributed by atoms with Crippen LogP contribution in [0.2, 0.25) is 0 Å². The van der Waals surface area contributed by atoms with Crippen LogP contribution in [0.25, 0.3) is 0 Å². The molecule has 6 heteroatoms. The van der Waals surface area contributed by atoms with E-state index in [-0.39, 0.29) is 24.2 Å². The van der Waals surface area contributed by atoms with Crippen LogP contribution in [-0.2, 0) is 0 Å². The summed E-state index contributed by atoms with van der Waals surface area (Å²) in [5.74, 6) is 0.546. The van der Waals surface area contributed by atoms with Crippen molar-refractivity contribution in [3.63, 3.8) is 0 Å². The van der Waals surface area contributed by atoms with Crippen LogP contribution in [-0.4, -0.2) is 18.3 Å². The number of ether oxygens (including phenoxy) is 1. The van der Waals surface area contributed by atoms with Crippen molar-refractivity contribution in [2.75, 3.05) is 13.2 Å². The van der Waals surface area contributed by atoms with E-state index < -0.39 is 0 Å². The Hall–Kier alpha value is -0.490. The maximum Gasteiger partial charge on any atom is 0.172 e. The molecule has 0 saturated heterocycles. The Bertz CT molecular complexity index is 364. The van der Waals surface area contributed by atoms with Crippen molar-refractivity contribution in [1.82, 2.24) is 0 Å². The molecular formula is C11H18BrClN2O2. The first-order chi connectivity index (χ1) is 7.60. The summed E-state index contributed by atoms with van der Waals surface area (Å²) in [6.07, 6.45) is 0.697. The molecule has 17 heavy (non-hydrogen) atoms. The maximum atomic E-state index is 9.73. The van der Waals surface area contributed by atoms with Gasteiger partial charge < -0.3 is 21.3 Å². The van der Waals surface area contributed by atoms with E-state index >= 15 is 0 Å². The van der Waals surface area contributed by atoms with Crippen LogP contribution in [0.1, 0.15) is 24.9 Å². The zero-order chi connectivity index (χ0) is 12.1. The van der Waals surface area contributed by atoms with E-state index in [2.05, 4.69) is 15.9 Å². The molecule has 0 radical (unpaired) electrons. The Kier molecular flexibility index (Phi) is 7.54. The molecule has 0 spiro atoms. The van der Waals surface area contributed by atoms with Gasteiger partial charge in [0.15, 0.2) is 11.5 Å². The third-order valence-corrected chi connectivity index (χ3v) is 2.86. The highest BCUT2D eigenvalue weighted by molar-refractivity contribution is 9.10. The fraction of sp³-hybridized carbons (Fsp3) is 0.455. The second-order valence-corrected chi connectivity index (χ2v) is 4.32. The zero-order valence-electron chi connectivity index (χ0n) is 9.65. The number of aromatic hydroxyl groups is 1. The third kappa shape index (κ3) is 4.35. The van der Waals surface area contributed by atoms with Crippen LogP contribution in [0.15, 0.2) is 16.6 Å². The molecule has 0 fully saturated rings. The molecule has 98 valence electrons. The summed E-state index contributed by atoms with van der Waals surface area (Å²) in [6, 6.07) is 3.41. The van der Waals surface area contributed by atoms with Crippen molar-refractivity contribution in [3.05, 3.63) is 22.2 Å². The summed E-state index contributed by atoms with van der Waals surface area (Å²) in [6.45, 7) is 2.89. The lowest BCUT2D eigenvalue weighted by Gasteiger charge is -2.14. The topological polar surface area (TPSA) is 81.5 Å². The van der Waals surface area contributed by atoms with Gasteiger partial charge in [-0.2, -0.15) is 0 Å². The molecule has 0 unspecified atom stereocenters. The number of phenols is 1. The fourth-order valence-electron chi connectivity index (χ4n) is 1.42. The lowest BCUT2D eigenvalue weighted by Crippen LogP contribution is -2.15. The Morgan fingerprint density at radius 1 is 1.47 bits per heavy atom. The van der Waals surface area contributed by atoms with E-state index in [1.807, 2.05) is 6.92 Å². The van der Waals surface area contributed by atoms with E-state index in [1.54, 1.807) is 12.1 Å². The van der Waals surface area contributed by atoms with Gasteiger partial charge in [-0.25, -0.2) is 0 Å². The average Bonchev–Trinajstić information content (AvgIpc) is 2.25. The number of halogens is 2. The van der Waals surface area contributed by atoms with Gasteiger partial charge in [0, 0.05) is 6.04 Å². The minimum absolute atomic E-state index is 0. The van der Waals surface area contributed by atoms with Crippen LogP contribution >= 0.6 is 28.3 Å². The summed E-state index contributed by atoms with van der Waals surface area (Å²) in [7, 11) is 0. The zero-order valence-corrected chi connectivity index (χ0v) is 12.1. The van der Waals surface area contributed by atoms with E-state index in [4.69, 9.17) is 16.2 Å². The van der Waals surface area contributed by atoms with Crippen LogP contribution in [0.3, 0.4) is 0 Å². The van der Waals surface area contributed by atoms with Crippen LogP contribution in [0.4, 0.5) is 0 Å². The lowest BCUT2D eigenvalue weighted by molar-refractivity contribution is 0.316. The van der Waals surface area contributed by atoms with E-state index in [9.17, 15) is 5.11 Å². The molecule has 0 aliphatic heterocycles. The maximum absolute atomic E-state index is 9.73. The second-order valence-electron chi connectivity index (χ2n) is 3.47. The molecule has 1 atom stereocenters. The number of nitrogens with two attached hydrogens (primary N) is 2. The van der Waals surface area contributed by atoms with Crippen LogP contribution in [0, 0.1) is 0 Å². The molecule has 4 nitrogen and oxygen atoms in total. The number of hydrogen-bond acceptors (Lipinski definition) is 4. The first-order valence-corrected chi connectivity index (χ1v) is 6.00. The minimum atomic E-state index is -0.138. The highest BCUT2D eigenvalue weighted by Crippen LogP contribution is 2.37. The fourth-order valence-corrected chi connectivity index (χ4v) is 1.88. The Labute approximate surface area is 116 Å². The number of benzene rings is 1. The molecule has 0 amide bonds. The van der Waals surface area contributed by atoms with Crippen molar-refractivity contribution >= 4 is 28.3 Å². The largest absolute Gasteiger partial charge is 0.503 e. The van der Waals surface area contributed by atoms with Gasteiger partial charge in [-0.05, 0) is 53.5 Å². The third-order valence-electron chi connectivity index (χ3n) is 2.26. The second kappa shape index (κ2) is 7.76. The smallest absolute Gasteiger partial charge is 0.172 e. The molecule has 0 aliphatic rings. The molecule has 1 rings (SSSR count). The quantitative estimate of drug-likeness (QED) is 0.776. The monoisotopic (exact) mass is 324 g/mol. The Morgan fingerprint density at radius 2 is 2.12 bits per heavy atom.